The highest BCUT2D eigenvalue weighted by Gasteiger charge is 2.38. The van der Waals surface area contributed by atoms with Crippen LogP contribution in [-0.4, -0.2) is 0 Å². The van der Waals surface area contributed by atoms with E-state index in [9.17, 15) is 0 Å². The van der Waals surface area contributed by atoms with Crippen molar-refractivity contribution in [3.63, 3.8) is 0 Å². The molecule has 0 radical (unpaired) electrons. The Morgan fingerprint density at radius 2 is 2.18 bits per heavy atom. The van der Waals surface area contributed by atoms with E-state index in [1.807, 2.05) is 0 Å². The van der Waals surface area contributed by atoms with Gasteiger partial charge in [0.15, 0.2) is 0 Å². The lowest BCUT2D eigenvalue weighted by Crippen LogP contribution is -2.10. The fourth-order valence-electron chi connectivity index (χ4n) is 3.07. The molecule has 11 heavy (non-hydrogen) atoms. The maximum Gasteiger partial charge on any atom is -0.0295 e. The lowest BCUT2D eigenvalue weighted by atomic mass is 9.85. The van der Waals surface area contributed by atoms with Gasteiger partial charge in [-0.2, -0.15) is 0 Å². The second-order valence-corrected chi connectivity index (χ2v) is 4.60. The van der Waals surface area contributed by atoms with E-state index in [4.69, 9.17) is 0 Å². The first-order chi connectivity index (χ1) is 5.25. The van der Waals surface area contributed by atoms with Gasteiger partial charge < -0.3 is 0 Å². The van der Waals surface area contributed by atoms with E-state index in [0.717, 1.165) is 17.8 Å². The van der Waals surface area contributed by atoms with Crippen molar-refractivity contribution in [2.45, 2.75) is 39.0 Å². The minimum atomic E-state index is 1.02. The molecule has 0 saturated heterocycles. The van der Waals surface area contributed by atoms with Crippen LogP contribution in [-0.2, 0) is 0 Å². The molecule has 2 rings (SSSR count). The fraction of sp³-hybridized carbons (Fsp3) is 0.818. The first kappa shape index (κ1) is 7.39. The Labute approximate surface area is 69.7 Å². The SMILES string of the molecule is C=C(C)CC1CC2CCC1C2. The number of hydrogen-bond donors (Lipinski definition) is 0. The molecule has 0 heteroatoms. The summed E-state index contributed by atoms with van der Waals surface area (Å²) in [7, 11) is 0. The number of fused-ring (bicyclic) bond motifs is 2. The molecular weight excluding hydrogens is 132 g/mol. The summed E-state index contributed by atoms with van der Waals surface area (Å²) in [5, 5.41) is 0. The largest absolute Gasteiger partial charge is 0.100 e. The Hall–Kier alpha value is -0.260. The van der Waals surface area contributed by atoms with Crippen LogP contribution >= 0.6 is 0 Å². The Bertz CT molecular complexity index is 169. The van der Waals surface area contributed by atoms with Crippen LogP contribution in [0.15, 0.2) is 12.2 Å². The van der Waals surface area contributed by atoms with Crippen molar-refractivity contribution in [1.82, 2.24) is 0 Å². The van der Waals surface area contributed by atoms with E-state index >= 15 is 0 Å². The Balaban J connectivity index is 1.92. The van der Waals surface area contributed by atoms with Crippen LogP contribution in [0.3, 0.4) is 0 Å². The minimum absolute atomic E-state index is 1.02. The van der Waals surface area contributed by atoms with Crippen molar-refractivity contribution in [3.05, 3.63) is 12.2 Å². The second kappa shape index (κ2) is 2.66. The van der Waals surface area contributed by atoms with Gasteiger partial charge in [-0.05, 0) is 50.4 Å². The molecule has 0 aromatic rings. The molecule has 0 aliphatic heterocycles. The summed E-state index contributed by atoms with van der Waals surface area (Å²) in [6.07, 6.45) is 7.40. The summed E-state index contributed by atoms with van der Waals surface area (Å²) in [6, 6.07) is 0. The minimum Gasteiger partial charge on any atom is -0.100 e. The zero-order chi connectivity index (χ0) is 7.84. The van der Waals surface area contributed by atoms with Gasteiger partial charge in [0.1, 0.15) is 0 Å². The normalized spacial score (nSPS) is 41.4. The van der Waals surface area contributed by atoms with E-state index in [2.05, 4.69) is 13.5 Å². The number of allylic oxidation sites excluding steroid dienone is 1. The third-order valence-corrected chi connectivity index (χ3v) is 3.50. The van der Waals surface area contributed by atoms with Crippen LogP contribution in [0.25, 0.3) is 0 Å². The second-order valence-electron chi connectivity index (χ2n) is 4.60. The van der Waals surface area contributed by atoms with Gasteiger partial charge >= 0.3 is 0 Å². The van der Waals surface area contributed by atoms with E-state index in [1.54, 1.807) is 0 Å². The lowest BCUT2D eigenvalue weighted by molar-refractivity contribution is 0.331. The standard InChI is InChI=1S/C11H18/c1-8(2)5-11-7-9-3-4-10(11)6-9/h9-11H,1,3-7H2,2H3. The molecule has 2 aliphatic rings. The quantitative estimate of drug-likeness (QED) is 0.529. The third kappa shape index (κ3) is 1.36. The molecule has 0 amide bonds. The highest BCUT2D eigenvalue weighted by molar-refractivity contribution is 4.98. The van der Waals surface area contributed by atoms with Gasteiger partial charge in [-0.3, -0.25) is 0 Å². The first-order valence-electron chi connectivity index (χ1n) is 4.90. The molecule has 2 fully saturated rings. The van der Waals surface area contributed by atoms with Crippen molar-refractivity contribution < 1.29 is 0 Å². The van der Waals surface area contributed by atoms with Gasteiger partial charge in [0.2, 0.25) is 0 Å². The van der Waals surface area contributed by atoms with Crippen molar-refractivity contribution >= 4 is 0 Å². The maximum atomic E-state index is 4.00. The van der Waals surface area contributed by atoms with Crippen molar-refractivity contribution in [1.29, 1.82) is 0 Å². The van der Waals surface area contributed by atoms with Crippen LogP contribution in [0.1, 0.15) is 39.0 Å². The summed E-state index contributed by atoms with van der Waals surface area (Å²) >= 11 is 0. The van der Waals surface area contributed by atoms with Gasteiger partial charge in [-0.15, -0.1) is 6.58 Å². The molecule has 0 heterocycles. The molecule has 0 aromatic heterocycles. The van der Waals surface area contributed by atoms with Gasteiger partial charge in [-0.25, -0.2) is 0 Å². The zero-order valence-corrected chi connectivity index (χ0v) is 7.47. The molecule has 3 unspecified atom stereocenters. The lowest BCUT2D eigenvalue weighted by Gasteiger charge is -2.21. The van der Waals surface area contributed by atoms with Crippen LogP contribution < -0.4 is 0 Å². The Kier molecular flexibility index (Phi) is 1.78. The molecule has 0 N–H and O–H groups in total. The molecular formula is C11H18. The summed E-state index contributed by atoms with van der Waals surface area (Å²) in [4.78, 5) is 0. The molecule has 3 atom stereocenters. The van der Waals surface area contributed by atoms with Gasteiger partial charge in [0.25, 0.3) is 0 Å². The van der Waals surface area contributed by atoms with Crippen LogP contribution in [0.2, 0.25) is 0 Å². The average Bonchev–Trinajstić information content (AvgIpc) is 2.45. The summed E-state index contributed by atoms with van der Waals surface area (Å²) in [6.45, 7) is 6.17. The van der Waals surface area contributed by atoms with E-state index in [1.165, 1.54) is 37.7 Å². The predicted octanol–water partition coefficient (Wildman–Crippen LogP) is 3.39. The molecule has 62 valence electrons. The van der Waals surface area contributed by atoms with Crippen molar-refractivity contribution in [2.24, 2.45) is 17.8 Å². The van der Waals surface area contributed by atoms with Crippen LogP contribution in [0.5, 0.6) is 0 Å². The van der Waals surface area contributed by atoms with Crippen molar-refractivity contribution in [2.75, 3.05) is 0 Å². The topological polar surface area (TPSA) is 0 Å². The Morgan fingerprint density at radius 1 is 1.36 bits per heavy atom. The third-order valence-electron chi connectivity index (χ3n) is 3.50. The van der Waals surface area contributed by atoms with Gasteiger partial charge in [-0.1, -0.05) is 12.0 Å². The molecule has 2 bridgehead atoms. The molecule has 0 nitrogen and oxygen atoms in total. The Morgan fingerprint density at radius 3 is 2.64 bits per heavy atom. The molecule has 2 aliphatic carbocycles. The number of hydrogen-bond acceptors (Lipinski definition) is 0. The summed E-state index contributed by atoms with van der Waals surface area (Å²) in [5.41, 5.74) is 1.39. The molecule has 2 saturated carbocycles. The van der Waals surface area contributed by atoms with Crippen LogP contribution in [0, 0.1) is 17.8 Å². The van der Waals surface area contributed by atoms with Gasteiger partial charge in [0, 0.05) is 0 Å². The monoisotopic (exact) mass is 150 g/mol. The highest BCUT2D eigenvalue weighted by atomic mass is 14.4. The molecule has 0 aromatic carbocycles. The predicted molar refractivity (Wildman–Crippen MR) is 48.4 cm³/mol. The maximum absolute atomic E-state index is 4.00. The first-order valence-corrected chi connectivity index (χ1v) is 4.90. The fourth-order valence-corrected chi connectivity index (χ4v) is 3.07. The summed E-state index contributed by atoms with van der Waals surface area (Å²) < 4.78 is 0. The number of rotatable bonds is 2. The van der Waals surface area contributed by atoms with Crippen molar-refractivity contribution in [3.8, 4) is 0 Å². The zero-order valence-electron chi connectivity index (χ0n) is 7.47. The highest BCUT2D eigenvalue weighted by Crippen LogP contribution is 2.50. The smallest absolute Gasteiger partial charge is 0.0295 e. The van der Waals surface area contributed by atoms with Gasteiger partial charge in [0.05, 0.1) is 0 Å². The average molecular weight is 150 g/mol. The van der Waals surface area contributed by atoms with E-state index in [-0.39, 0.29) is 0 Å². The van der Waals surface area contributed by atoms with E-state index in [0.29, 0.717) is 0 Å². The van der Waals surface area contributed by atoms with Crippen LogP contribution in [0.4, 0.5) is 0 Å². The van der Waals surface area contributed by atoms with E-state index < -0.39 is 0 Å². The molecule has 0 spiro atoms. The summed E-state index contributed by atoms with van der Waals surface area (Å²) in [5.74, 6) is 3.20.